The Morgan fingerprint density at radius 3 is 2.50 bits per heavy atom. The summed E-state index contributed by atoms with van der Waals surface area (Å²) in [5.74, 6) is -0.928. The van der Waals surface area contributed by atoms with Crippen LogP contribution in [0.1, 0.15) is 41.7 Å². The molecule has 2 atom stereocenters. The minimum Gasteiger partial charge on any atom is -0.478 e. The summed E-state index contributed by atoms with van der Waals surface area (Å²) in [7, 11) is 2.21. The summed E-state index contributed by atoms with van der Waals surface area (Å²) in [5, 5.41) is 25.1. The lowest BCUT2D eigenvalue weighted by Crippen LogP contribution is -2.44. The smallest absolute Gasteiger partial charge is 0.337 e. The average Bonchev–Trinajstić information content (AvgIpc) is 3.40. The van der Waals surface area contributed by atoms with Crippen LogP contribution in [0.2, 0.25) is 0 Å². The van der Waals surface area contributed by atoms with E-state index in [0.717, 1.165) is 51.5 Å². The molecule has 5 aromatic rings. The van der Waals surface area contributed by atoms with Gasteiger partial charge in [-0.15, -0.1) is 0 Å². The van der Waals surface area contributed by atoms with E-state index in [0.29, 0.717) is 29.0 Å². The third-order valence-electron chi connectivity index (χ3n) is 8.84. The number of benzene rings is 3. The highest BCUT2D eigenvalue weighted by Gasteiger charge is 2.38. The highest BCUT2D eigenvalue weighted by atomic mass is 16.4. The maximum atomic E-state index is 12.2. The Bertz CT molecular complexity index is 1800. The van der Waals surface area contributed by atoms with E-state index in [1.165, 1.54) is 12.8 Å². The van der Waals surface area contributed by atoms with Gasteiger partial charge in [0.15, 0.2) is 0 Å². The molecule has 0 aliphatic carbocycles. The lowest BCUT2D eigenvalue weighted by Gasteiger charge is -2.37. The maximum Gasteiger partial charge on any atom is 0.337 e. The first-order chi connectivity index (χ1) is 19.5. The van der Waals surface area contributed by atoms with Crippen molar-refractivity contribution in [2.45, 2.75) is 43.8 Å². The van der Waals surface area contributed by atoms with E-state index in [-0.39, 0.29) is 6.04 Å². The highest BCUT2D eigenvalue weighted by molar-refractivity contribution is 6.15. The van der Waals surface area contributed by atoms with Gasteiger partial charge < -0.3 is 19.9 Å². The number of hydrogen-bond acceptors (Lipinski definition) is 5. The quantitative estimate of drug-likeness (QED) is 0.273. The van der Waals surface area contributed by atoms with Gasteiger partial charge in [-0.2, -0.15) is 5.26 Å². The predicted molar refractivity (Wildman–Crippen MR) is 157 cm³/mol. The number of nitriles is 1. The molecule has 2 aromatic heterocycles. The Hall–Kier alpha value is -4.67. The van der Waals surface area contributed by atoms with Gasteiger partial charge in [0.2, 0.25) is 0 Å². The SMILES string of the molecule is CN1C2CCC1CC(Nc1cc(-n3c4ccccc4c4c(-c5ccc(C#N)nc5)cccc43)ccc1C(=O)O)C2. The summed E-state index contributed by atoms with van der Waals surface area (Å²) in [5.41, 5.74) is 6.28. The largest absolute Gasteiger partial charge is 0.478 e. The molecule has 0 amide bonds. The van der Waals surface area contributed by atoms with Crippen molar-refractivity contribution in [1.82, 2.24) is 14.5 Å². The number of piperidine rings is 1. The standard InChI is InChI=1S/C33H29N5O2/c1-37-23-11-12-24(37)16-22(15-23)36-29-17-25(13-14-27(29)33(39)40)38-30-7-3-2-5-28(30)32-26(6-4-8-31(32)38)20-9-10-21(18-34)35-19-20/h2-10,13-14,17,19,22-24,36H,11-12,15-16H2,1H3,(H,39,40). The molecule has 198 valence electrons. The monoisotopic (exact) mass is 527 g/mol. The molecule has 2 aliphatic rings. The number of anilines is 1. The number of fused-ring (bicyclic) bond motifs is 5. The zero-order valence-corrected chi connectivity index (χ0v) is 22.2. The number of para-hydroxylation sites is 1. The molecule has 0 spiro atoms. The van der Waals surface area contributed by atoms with Crippen molar-refractivity contribution in [2.75, 3.05) is 12.4 Å². The van der Waals surface area contributed by atoms with E-state index in [1.54, 1.807) is 18.3 Å². The maximum absolute atomic E-state index is 12.2. The van der Waals surface area contributed by atoms with Crippen molar-refractivity contribution in [1.29, 1.82) is 5.26 Å². The molecule has 4 heterocycles. The van der Waals surface area contributed by atoms with Crippen LogP contribution >= 0.6 is 0 Å². The van der Waals surface area contributed by atoms with Crippen molar-refractivity contribution in [3.05, 3.63) is 90.3 Å². The highest BCUT2D eigenvalue weighted by Crippen LogP contribution is 2.40. The van der Waals surface area contributed by atoms with Gasteiger partial charge >= 0.3 is 5.97 Å². The summed E-state index contributed by atoms with van der Waals surface area (Å²) < 4.78 is 2.21. The number of carboxylic acids is 1. The van der Waals surface area contributed by atoms with Crippen LogP contribution < -0.4 is 5.32 Å². The second kappa shape index (κ2) is 9.51. The van der Waals surface area contributed by atoms with E-state index in [1.807, 2.05) is 36.4 Å². The molecule has 2 N–H and O–H groups in total. The van der Waals surface area contributed by atoms with E-state index >= 15 is 0 Å². The average molecular weight is 528 g/mol. The minimum atomic E-state index is -0.928. The van der Waals surface area contributed by atoms with Crippen LogP contribution in [0.15, 0.2) is 79.0 Å². The van der Waals surface area contributed by atoms with Crippen molar-refractivity contribution >= 4 is 33.5 Å². The number of hydrogen-bond donors (Lipinski definition) is 2. The van der Waals surface area contributed by atoms with Crippen LogP contribution in [-0.4, -0.2) is 50.7 Å². The molecule has 2 unspecified atom stereocenters. The third-order valence-corrected chi connectivity index (χ3v) is 8.84. The zero-order chi connectivity index (χ0) is 27.4. The number of aromatic carboxylic acids is 1. The van der Waals surface area contributed by atoms with Gasteiger partial charge in [0.05, 0.1) is 22.3 Å². The van der Waals surface area contributed by atoms with Crippen molar-refractivity contribution in [2.24, 2.45) is 0 Å². The first kappa shape index (κ1) is 24.4. The fourth-order valence-electron chi connectivity index (χ4n) is 6.88. The molecule has 7 rings (SSSR count). The van der Waals surface area contributed by atoms with E-state index in [2.05, 4.69) is 57.2 Å². The molecule has 7 heteroatoms. The first-order valence-electron chi connectivity index (χ1n) is 13.8. The van der Waals surface area contributed by atoms with Crippen LogP contribution in [0.25, 0.3) is 38.6 Å². The Morgan fingerprint density at radius 2 is 1.77 bits per heavy atom. The molecule has 0 saturated carbocycles. The summed E-state index contributed by atoms with van der Waals surface area (Å²) in [6.07, 6.45) is 6.21. The molecule has 3 aromatic carbocycles. The second-order valence-corrected chi connectivity index (χ2v) is 11.0. The molecular formula is C33H29N5O2. The Kier molecular flexibility index (Phi) is 5.79. The van der Waals surface area contributed by atoms with Crippen molar-refractivity contribution in [3.8, 4) is 22.9 Å². The molecule has 40 heavy (non-hydrogen) atoms. The van der Waals surface area contributed by atoms with Crippen LogP contribution in [0.5, 0.6) is 0 Å². The second-order valence-electron chi connectivity index (χ2n) is 11.0. The van der Waals surface area contributed by atoms with Crippen LogP contribution in [0.4, 0.5) is 5.69 Å². The van der Waals surface area contributed by atoms with E-state index < -0.39 is 5.97 Å². The topological polar surface area (TPSA) is 94.2 Å². The Labute approximate surface area is 232 Å². The number of nitrogens with zero attached hydrogens (tertiary/aromatic N) is 4. The molecule has 0 radical (unpaired) electrons. The van der Waals surface area contributed by atoms with Crippen LogP contribution in [0.3, 0.4) is 0 Å². The lowest BCUT2D eigenvalue weighted by molar-refractivity contribution is 0.0698. The van der Waals surface area contributed by atoms with E-state index in [4.69, 9.17) is 0 Å². The van der Waals surface area contributed by atoms with Crippen LogP contribution in [0, 0.1) is 11.3 Å². The summed E-state index contributed by atoms with van der Waals surface area (Å²) in [6, 6.07) is 27.2. The van der Waals surface area contributed by atoms with Crippen molar-refractivity contribution in [3.63, 3.8) is 0 Å². The Morgan fingerprint density at radius 1 is 1.00 bits per heavy atom. The van der Waals surface area contributed by atoms with Gasteiger partial charge in [-0.3, -0.25) is 0 Å². The van der Waals surface area contributed by atoms with Gasteiger partial charge in [-0.1, -0.05) is 30.3 Å². The molecule has 2 saturated heterocycles. The van der Waals surface area contributed by atoms with Gasteiger partial charge in [-0.25, -0.2) is 9.78 Å². The third kappa shape index (κ3) is 3.92. The number of rotatable bonds is 5. The number of aromatic nitrogens is 2. The number of nitrogens with one attached hydrogen (secondary N) is 1. The molecular weight excluding hydrogens is 498 g/mol. The van der Waals surface area contributed by atoms with Crippen LogP contribution in [-0.2, 0) is 0 Å². The predicted octanol–water partition coefficient (Wildman–Crippen LogP) is 6.45. The normalized spacial score (nSPS) is 20.6. The van der Waals surface area contributed by atoms with Gasteiger partial charge in [0.1, 0.15) is 11.8 Å². The van der Waals surface area contributed by atoms with Gasteiger partial charge in [0, 0.05) is 46.3 Å². The molecule has 2 bridgehead atoms. The molecule has 2 aliphatic heterocycles. The first-order valence-corrected chi connectivity index (χ1v) is 13.8. The number of carboxylic acid groups (broad SMARTS) is 1. The molecule has 7 nitrogen and oxygen atoms in total. The van der Waals surface area contributed by atoms with Gasteiger partial charge in [0.25, 0.3) is 0 Å². The summed E-state index contributed by atoms with van der Waals surface area (Å²) in [6.45, 7) is 0. The fourth-order valence-corrected chi connectivity index (χ4v) is 6.88. The molecule has 2 fully saturated rings. The zero-order valence-electron chi connectivity index (χ0n) is 22.2. The minimum absolute atomic E-state index is 0.246. The number of carbonyl (C=O) groups is 1. The summed E-state index contributed by atoms with van der Waals surface area (Å²) >= 11 is 0. The number of pyridine rings is 1. The summed E-state index contributed by atoms with van der Waals surface area (Å²) in [4.78, 5) is 19.0. The lowest BCUT2D eigenvalue weighted by atomic mass is 9.97. The Balaban J connectivity index is 1.37. The van der Waals surface area contributed by atoms with Gasteiger partial charge in [-0.05, 0) is 80.8 Å². The van der Waals surface area contributed by atoms with Crippen molar-refractivity contribution < 1.29 is 9.90 Å². The van der Waals surface area contributed by atoms with E-state index in [9.17, 15) is 15.2 Å². The fraction of sp³-hybridized carbons (Fsp3) is 0.242.